The molecular formula is C16H19IN2OS. The number of halogens is 1. The average Bonchev–Trinajstić information content (AvgIpc) is 2.68. The third kappa shape index (κ3) is 4.10. The zero-order valence-corrected chi connectivity index (χ0v) is 15.6. The van der Waals surface area contributed by atoms with Crippen LogP contribution in [0.3, 0.4) is 0 Å². The number of amidine groups is 1. The van der Waals surface area contributed by atoms with Gasteiger partial charge in [-0.25, -0.2) is 0 Å². The van der Waals surface area contributed by atoms with Crippen LogP contribution in [0, 0.1) is 3.57 Å². The molecule has 1 aliphatic heterocycles. The van der Waals surface area contributed by atoms with E-state index in [4.69, 9.17) is 0 Å². The lowest BCUT2D eigenvalue weighted by Crippen LogP contribution is -2.35. The number of rotatable bonds is 3. The van der Waals surface area contributed by atoms with Crippen LogP contribution in [-0.4, -0.2) is 28.1 Å². The molecule has 1 heterocycles. The topological polar surface area (TPSA) is 32.7 Å². The molecule has 112 valence electrons. The molecule has 5 heteroatoms. The van der Waals surface area contributed by atoms with Gasteiger partial charge in [0.25, 0.3) is 5.91 Å². The number of amides is 1. The summed E-state index contributed by atoms with van der Waals surface area (Å²) in [5, 5.41) is 0.807. The van der Waals surface area contributed by atoms with Crippen molar-refractivity contribution in [3.63, 3.8) is 0 Å². The number of carbonyl (C=O) groups excluding carboxylic acids is 1. The number of aliphatic imine (C=N–C) groups is 1. The smallest absolute Gasteiger partial charge is 0.266 e. The van der Waals surface area contributed by atoms with Crippen LogP contribution in [0.25, 0.3) is 6.08 Å². The maximum Gasteiger partial charge on any atom is 0.266 e. The molecule has 0 radical (unpaired) electrons. The standard InChI is InChI=1S/C16H19IN2OS/c1-10(2)18-16-19(11(3)4)15(20)14(21-16)9-12-5-7-13(17)8-6-12/h5-11H,1-4H3/b14-9+,18-16?. The van der Waals surface area contributed by atoms with Gasteiger partial charge < -0.3 is 0 Å². The van der Waals surface area contributed by atoms with E-state index in [0.717, 1.165) is 15.6 Å². The lowest BCUT2D eigenvalue weighted by molar-refractivity contribution is -0.123. The van der Waals surface area contributed by atoms with Crippen molar-refractivity contribution >= 4 is 51.5 Å². The largest absolute Gasteiger partial charge is 0.284 e. The van der Waals surface area contributed by atoms with Gasteiger partial charge in [-0.1, -0.05) is 12.1 Å². The van der Waals surface area contributed by atoms with Crippen molar-refractivity contribution in [1.82, 2.24) is 4.90 Å². The molecule has 0 saturated carbocycles. The molecule has 0 atom stereocenters. The van der Waals surface area contributed by atoms with Gasteiger partial charge in [0.1, 0.15) is 0 Å². The summed E-state index contributed by atoms with van der Waals surface area (Å²) < 4.78 is 1.19. The van der Waals surface area contributed by atoms with Crippen LogP contribution >= 0.6 is 34.4 Å². The van der Waals surface area contributed by atoms with E-state index in [9.17, 15) is 4.79 Å². The molecule has 1 amide bonds. The highest BCUT2D eigenvalue weighted by atomic mass is 127. The minimum atomic E-state index is 0.0490. The number of benzene rings is 1. The Morgan fingerprint density at radius 2 is 1.81 bits per heavy atom. The van der Waals surface area contributed by atoms with Crippen molar-refractivity contribution in [1.29, 1.82) is 0 Å². The second kappa shape index (κ2) is 6.96. The minimum Gasteiger partial charge on any atom is -0.284 e. The van der Waals surface area contributed by atoms with Crippen molar-refractivity contribution in [3.05, 3.63) is 38.3 Å². The van der Waals surface area contributed by atoms with Crippen LogP contribution in [0.1, 0.15) is 33.3 Å². The molecule has 21 heavy (non-hydrogen) atoms. The summed E-state index contributed by atoms with van der Waals surface area (Å²) in [6.07, 6.45) is 1.95. The summed E-state index contributed by atoms with van der Waals surface area (Å²) in [6, 6.07) is 8.44. The first-order valence-corrected chi connectivity index (χ1v) is 8.84. The van der Waals surface area contributed by atoms with E-state index >= 15 is 0 Å². The molecule has 1 aliphatic rings. The van der Waals surface area contributed by atoms with Crippen LogP contribution in [-0.2, 0) is 4.79 Å². The molecule has 0 spiro atoms. The Hall–Kier alpha value is -0.820. The van der Waals surface area contributed by atoms with Gasteiger partial charge in [-0.3, -0.25) is 14.7 Å². The third-order valence-electron chi connectivity index (χ3n) is 2.89. The predicted molar refractivity (Wildman–Crippen MR) is 99.3 cm³/mol. The molecular weight excluding hydrogens is 395 g/mol. The molecule has 1 fully saturated rings. The third-order valence-corrected chi connectivity index (χ3v) is 4.61. The Balaban J connectivity index is 2.34. The second-order valence-electron chi connectivity index (χ2n) is 5.44. The maximum atomic E-state index is 12.6. The Morgan fingerprint density at radius 1 is 1.19 bits per heavy atom. The van der Waals surface area contributed by atoms with Gasteiger partial charge >= 0.3 is 0 Å². The summed E-state index contributed by atoms with van der Waals surface area (Å²) in [4.78, 5) is 19.7. The molecule has 0 aromatic heterocycles. The van der Waals surface area contributed by atoms with Gasteiger partial charge in [-0.05, 0) is 85.8 Å². The van der Waals surface area contributed by atoms with Crippen LogP contribution in [0.2, 0.25) is 0 Å². The molecule has 1 saturated heterocycles. The fourth-order valence-electron chi connectivity index (χ4n) is 1.96. The second-order valence-corrected chi connectivity index (χ2v) is 7.69. The Morgan fingerprint density at radius 3 is 2.33 bits per heavy atom. The van der Waals surface area contributed by atoms with Crippen molar-refractivity contribution in [2.75, 3.05) is 0 Å². The quantitative estimate of drug-likeness (QED) is 0.543. The molecule has 2 rings (SSSR count). The average molecular weight is 414 g/mol. The van der Waals surface area contributed by atoms with Gasteiger partial charge in [-0.15, -0.1) is 0 Å². The molecule has 0 bridgehead atoms. The zero-order chi connectivity index (χ0) is 15.6. The first-order valence-electron chi connectivity index (χ1n) is 6.95. The van der Waals surface area contributed by atoms with Crippen molar-refractivity contribution in [3.8, 4) is 0 Å². The number of hydrogen-bond donors (Lipinski definition) is 0. The Bertz CT molecular complexity index is 591. The van der Waals surface area contributed by atoms with Crippen molar-refractivity contribution in [2.24, 2.45) is 4.99 Å². The van der Waals surface area contributed by atoms with E-state index in [1.54, 1.807) is 4.90 Å². The first-order chi connectivity index (χ1) is 9.88. The molecule has 1 aromatic rings. The number of nitrogens with zero attached hydrogens (tertiary/aromatic N) is 2. The molecule has 3 nitrogen and oxygen atoms in total. The highest BCUT2D eigenvalue weighted by Gasteiger charge is 2.35. The number of hydrogen-bond acceptors (Lipinski definition) is 3. The van der Waals surface area contributed by atoms with Crippen molar-refractivity contribution < 1.29 is 4.79 Å². The first kappa shape index (κ1) is 16.5. The summed E-state index contributed by atoms with van der Waals surface area (Å²) >= 11 is 3.74. The lowest BCUT2D eigenvalue weighted by Gasteiger charge is -2.20. The Kier molecular flexibility index (Phi) is 5.48. The summed E-state index contributed by atoms with van der Waals surface area (Å²) in [7, 11) is 0. The molecule has 0 aliphatic carbocycles. The highest BCUT2D eigenvalue weighted by molar-refractivity contribution is 14.1. The van der Waals surface area contributed by atoms with Gasteiger partial charge in [0.15, 0.2) is 5.17 Å². The zero-order valence-electron chi connectivity index (χ0n) is 12.6. The molecule has 0 N–H and O–H groups in total. The van der Waals surface area contributed by atoms with Gasteiger partial charge in [0, 0.05) is 15.7 Å². The van der Waals surface area contributed by atoms with E-state index in [1.165, 1.54) is 15.3 Å². The minimum absolute atomic E-state index is 0.0490. The van der Waals surface area contributed by atoms with Crippen LogP contribution in [0.15, 0.2) is 34.2 Å². The lowest BCUT2D eigenvalue weighted by atomic mass is 10.2. The SMILES string of the molecule is CC(C)N=C1S/C(=C/c2ccc(I)cc2)C(=O)N1C(C)C. The normalized spacial score (nSPS) is 19.6. The van der Waals surface area contributed by atoms with E-state index in [0.29, 0.717) is 0 Å². The van der Waals surface area contributed by atoms with Crippen LogP contribution < -0.4 is 0 Å². The summed E-state index contributed by atoms with van der Waals surface area (Å²) in [5.74, 6) is 0.0490. The fourth-order valence-corrected chi connectivity index (χ4v) is 3.56. The summed E-state index contributed by atoms with van der Waals surface area (Å²) in [5.41, 5.74) is 1.04. The Labute approximate surface area is 144 Å². The molecule has 1 aromatic carbocycles. The van der Waals surface area contributed by atoms with Gasteiger partial charge in [0.05, 0.1) is 4.91 Å². The molecule has 0 unspecified atom stereocenters. The van der Waals surface area contributed by atoms with Gasteiger partial charge in [-0.2, -0.15) is 0 Å². The highest BCUT2D eigenvalue weighted by Crippen LogP contribution is 2.34. The number of carbonyl (C=O) groups is 1. The predicted octanol–water partition coefficient (Wildman–Crippen LogP) is 4.38. The van der Waals surface area contributed by atoms with Crippen molar-refractivity contribution in [2.45, 2.75) is 39.8 Å². The monoisotopic (exact) mass is 414 g/mol. The van der Waals surface area contributed by atoms with E-state index in [-0.39, 0.29) is 18.0 Å². The number of thioether (sulfide) groups is 1. The van der Waals surface area contributed by atoms with Crippen LogP contribution in [0.5, 0.6) is 0 Å². The van der Waals surface area contributed by atoms with E-state index in [1.807, 2.05) is 58.0 Å². The summed E-state index contributed by atoms with van der Waals surface area (Å²) in [6.45, 7) is 8.08. The van der Waals surface area contributed by atoms with Crippen LogP contribution in [0.4, 0.5) is 0 Å². The van der Waals surface area contributed by atoms with E-state index in [2.05, 4.69) is 27.6 Å². The maximum absolute atomic E-state index is 12.6. The fraction of sp³-hybridized carbons (Fsp3) is 0.375. The van der Waals surface area contributed by atoms with E-state index < -0.39 is 0 Å². The van der Waals surface area contributed by atoms with Gasteiger partial charge in [0.2, 0.25) is 0 Å².